The maximum absolute atomic E-state index is 12.7. The van der Waals surface area contributed by atoms with Gasteiger partial charge in [-0.1, -0.05) is 43.0 Å². The number of carbonyl (C=O) groups excluding carboxylic acids is 3. The number of ether oxygens (including phenoxy) is 1. The highest BCUT2D eigenvalue weighted by atomic mass is 35.5. The Balaban J connectivity index is 1.45. The number of nitrogens with one attached hydrogen (secondary N) is 2. The predicted molar refractivity (Wildman–Crippen MR) is 104 cm³/mol. The molecule has 2 N–H and O–H groups in total. The molecule has 1 aliphatic carbocycles. The fourth-order valence-electron chi connectivity index (χ4n) is 3.57. The average molecular weight is 409 g/mol. The lowest BCUT2D eigenvalue weighted by Gasteiger charge is -2.30. The highest BCUT2D eigenvalue weighted by Crippen LogP contribution is 2.33. The highest BCUT2D eigenvalue weighted by Gasteiger charge is 2.52. The van der Waals surface area contributed by atoms with E-state index in [2.05, 4.69) is 10.7 Å². The quantitative estimate of drug-likeness (QED) is 0.673. The van der Waals surface area contributed by atoms with E-state index in [0.717, 1.165) is 24.3 Å². The first-order chi connectivity index (χ1) is 13.4. The molecule has 9 heteroatoms. The lowest BCUT2D eigenvalue weighted by molar-refractivity contribution is -0.140. The number of nitrogens with zero attached hydrogens (tertiary/aromatic N) is 2. The molecule has 1 aromatic carbocycles. The van der Waals surface area contributed by atoms with Crippen molar-refractivity contribution in [2.24, 2.45) is 0 Å². The summed E-state index contributed by atoms with van der Waals surface area (Å²) in [5.41, 5.74) is 1.58. The molecular formula is C19H25ClN4O4. The largest absolute Gasteiger partial charge is 0.491 e. The van der Waals surface area contributed by atoms with Crippen molar-refractivity contribution in [1.29, 1.82) is 0 Å². The maximum Gasteiger partial charge on any atom is 0.344 e. The van der Waals surface area contributed by atoms with Gasteiger partial charge in [-0.2, -0.15) is 5.01 Å². The van der Waals surface area contributed by atoms with Gasteiger partial charge in [0.2, 0.25) is 0 Å². The number of imide groups is 1. The smallest absolute Gasteiger partial charge is 0.344 e. The molecule has 1 aromatic rings. The molecule has 1 saturated carbocycles. The fraction of sp³-hybridized carbons (Fsp3) is 0.526. The van der Waals surface area contributed by atoms with Gasteiger partial charge < -0.3 is 10.1 Å². The van der Waals surface area contributed by atoms with Gasteiger partial charge in [0, 0.05) is 6.54 Å². The fourth-order valence-corrected chi connectivity index (χ4v) is 3.76. The number of benzene rings is 1. The third-order valence-electron chi connectivity index (χ3n) is 5.09. The Morgan fingerprint density at radius 2 is 2.00 bits per heavy atom. The van der Waals surface area contributed by atoms with Crippen LogP contribution in [0.15, 0.2) is 24.3 Å². The first-order valence-electron chi connectivity index (χ1n) is 9.43. The highest BCUT2D eigenvalue weighted by molar-refractivity contribution is 6.32. The second kappa shape index (κ2) is 8.79. The number of para-hydroxylation sites is 1. The zero-order chi connectivity index (χ0) is 20.1. The summed E-state index contributed by atoms with van der Waals surface area (Å²) in [7, 11) is 1.75. The molecule has 3 rings (SSSR count). The Kier molecular flexibility index (Phi) is 6.41. The molecule has 0 unspecified atom stereocenters. The summed E-state index contributed by atoms with van der Waals surface area (Å²) in [4.78, 5) is 38.8. The van der Waals surface area contributed by atoms with E-state index in [0.29, 0.717) is 36.8 Å². The van der Waals surface area contributed by atoms with Gasteiger partial charge in [-0.15, -0.1) is 0 Å². The molecule has 1 saturated heterocycles. The van der Waals surface area contributed by atoms with E-state index in [9.17, 15) is 14.4 Å². The normalized spacial score (nSPS) is 18.5. The summed E-state index contributed by atoms with van der Waals surface area (Å²) in [5.74, 6) is -0.217. The van der Waals surface area contributed by atoms with Gasteiger partial charge in [-0.3, -0.25) is 19.9 Å². The molecule has 0 aromatic heterocycles. The van der Waals surface area contributed by atoms with Crippen molar-refractivity contribution < 1.29 is 19.1 Å². The molecular weight excluding hydrogens is 384 g/mol. The summed E-state index contributed by atoms with van der Waals surface area (Å²) in [5, 5.41) is 4.11. The minimum atomic E-state index is -0.850. The Hall–Kier alpha value is -2.32. The summed E-state index contributed by atoms with van der Waals surface area (Å²) in [6.45, 7) is 0.846. The number of carbonyl (C=O) groups is 3. The van der Waals surface area contributed by atoms with Gasteiger partial charge in [0.1, 0.15) is 17.9 Å². The molecule has 4 amide bonds. The van der Waals surface area contributed by atoms with Crippen LogP contribution in [0.5, 0.6) is 5.75 Å². The first-order valence-corrected chi connectivity index (χ1v) is 9.81. The molecule has 1 heterocycles. The van der Waals surface area contributed by atoms with Crippen molar-refractivity contribution in [1.82, 2.24) is 20.7 Å². The first kappa shape index (κ1) is 20.4. The molecule has 2 fully saturated rings. The van der Waals surface area contributed by atoms with E-state index in [-0.39, 0.29) is 12.5 Å². The minimum Gasteiger partial charge on any atom is -0.491 e. The van der Waals surface area contributed by atoms with Crippen molar-refractivity contribution in [3.05, 3.63) is 29.3 Å². The molecule has 0 bridgehead atoms. The summed E-state index contributed by atoms with van der Waals surface area (Å²) in [6, 6.07) is 6.60. The number of hydrogen-bond donors (Lipinski definition) is 2. The zero-order valence-electron chi connectivity index (χ0n) is 15.9. The second-order valence-electron chi connectivity index (χ2n) is 7.27. The van der Waals surface area contributed by atoms with Crippen LogP contribution in [0, 0.1) is 0 Å². The minimum absolute atomic E-state index is 0.0238. The lowest BCUT2D eigenvalue weighted by Crippen LogP contribution is -2.52. The number of amides is 4. The number of rotatable bonds is 7. The monoisotopic (exact) mass is 408 g/mol. The van der Waals surface area contributed by atoms with E-state index in [1.54, 1.807) is 24.1 Å². The van der Waals surface area contributed by atoms with Crippen molar-refractivity contribution in [3.8, 4) is 5.75 Å². The van der Waals surface area contributed by atoms with Crippen LogP contribution in [0.25, 0.3) is 0 Å². The molecule has 8 nitrogen and oxygen atoms in total. The maximum atomic E-state index is 12.7. The van der Waals surface area contributed by atoms with E-state index in [1.807, 2.05) is 12.1 Å². The number of hydrogen-bond acceptors (Lipinski definition) is 5. The molecule has 0 atom stereocenters. The molecule has 152 valence electrons. The van der Waals surface area contributed by atoms with E-state index < -0.39 is 17.5 Å². The molecule has 2 aliphatic rings. The van der Waals surface area contributed by atoms with Crippen LogP contribution < -0.4 is 15.5 Å². The van der Waals surface area contributed by atoms with Crippen molar-refractivity contribution in [2.45, 2.75) is 37.6 Å². The number of halogens is 1. The SMILES string of the molecule is CN(CCOc1ccccc1Cl)CC(=O)NN1C(=O)NC2(CCCCC2)C1=O. The van der Waals surface area contributed by atoms with E-state index in [1.165, 1.54) is 0 Å². The Morgan fingerprint density at radius 1 is 1.29 bits per heavy atom. The number of urea groups is 1. The van der Waals surface area contributed by atoms with Crippen LogP contribution >= 0.6 is 11.6 Å². The number of hydrazine groups is 1. The Labute approximate surface area is 169 Å². The molecule has 28 heavy (non-hydrogen) atoms. The topological polar surface area (TPSA) is 91.0 Å². The predicted octanol–water partition coefficient (Wildman–Crippen LogP) is 1.94. The van der Waals surface area contributed by atoms with Crippen LogP contribution in [-0.2, 0) is 9.59 Å². The standard InChI is InChI=1S/C19H25ClN4O4/c1-23(11-12-28-15-8-4-3-7-14(15)20)13-16(25)22-24-17(26)19(21-18(24)27)9-5-2-6-10-19/h3-4,7-8H,2,5-6,9-13H2,1H3,(H,21,27)(H,22,25). The molecule has 1 aliphatic heterocycles. The molecule has 0 radical (unpaired) electrons. The Morgan fingerprint density at radius 3 is 2.71 bits per heavy atom. The molecule has 1 spiro atoms. The van der Waals surface area contributed by atoms with Crippen LogP contribution in [-0.4, -0.2) is 60.0 Å². The Bertz CT molecular complexity index is 751. The lowest BCUT2D eigenvalue weighted by atomic mass is 9.82. The average Bonchev–Trinajstić information content (AvgIpc) is 2.88. The van der Waals surface area contributed by atoms with Crippen molar-refractivity contribution in [3.63, 3.8) is 0 Å². The van der Waals surface area contributed by atoms with Crippen molar-refractivity contribution >= 4 is 29.4 Å². The van der Waals surface area contributed by atoms with Gasteiger partial charge in [0.25, 0.3) is 11.8 Å². The third kappa shape index (κ3) is 4.56. The van der Waals surface area contributed by atoms with Gasteiger partial charge in [-0.25, -0.2) is 4.79 Å². The third-order valence-corrected chi connectivity index (χ3v) is 5.40. The van der Waals surface area contributed by atoms with Crippen molar-refractivity contribution in [2.75, 3.05) is 26.7 Å². The summed E-state index contributed by atoms with van der Waals surface area (Å²) < 4.78 is 5.60. The van der Waals surface area contributed by atoms with Gasteiger partial charge in [0.05, 0.1) is 11.6 Å². The van der Waals surface area contributed by atoms with Crippen LogP contribution in [0.3, 0.4) is 0 Å². The van der Waals surface area contributed by atoms with Gasteiger partial charge in [0.15, 0.2) is 0 Å². The van der Waals surface area contributed by atoms with Crippen LogP contribution in [0.2, 0.25) is 5.02 Å². The van der Waals surface area contributed by atoms with Gasteiger partial charge >= 0.3 is 6.03 Å². The summed E-state index contributed by atoms with van der Waals surface area (Å²) in [6.07, 6.45) is 4.06. The summed E-state index contributed by atoms with van der Waals surface area (Å²) >= 11 is 6.03. The van der Waals surface area contributed by atoms with E-state index in [4.69, 9.17) is 16.3 Å². The van der Waals surface area contributed by atoms with E-state index >= 15 is 0 Å². The number of likely N-dealkylation sites (N-methyl/N-ethyl adjacent to an activating group) is 1. The second-order valence-corrected chi connectivity index (χ2v) is 7.67. The van der Waals surface area contributed by atoms with Gasteiger partial charge in [-0.05, 0) is 32.0 Å². The van der Waals surface area contributed by atoms with Crippen LogP contribution in [0.1, 0.15) is 32.1 Å². The zero-order valence-corrected chi connectivity index (χ0v) is 16.6. The van der Waals surface area contributed by atoms with Crippen LogP contribution in [0.4, 0.5) is 4.79 Å².